The topological polar surface area (TPSA) is 155 Å². The van der Waals surface area contributed by atoms with E-state index in [4.69, 9.17) is 19.7 Å². The monoisotopic (exact) mass is 839 g/mol. The second-order valence-corrected chi connectivity index (χ2v) is 23.9. The van der Waals surface area contributed by atoms with E-state index >= 15 is 0 Å². The van der Waals surface area contributed by atoms with Crippen molar-refractivity contribution in [3.8, 4) is 0 Å². The van der Waals surface area contributed by atoms with Crippen molar-refractivity contribution >= 4 is 23.7 Å². The number of morpholine rings is 1. The van der Waals surface area contributed by atoms with Gasteiger partial charge in [0.2, 0.25) is 23.7 Å². The average molecular weight is 839 g/mol. The number of nitrogens with zero attached hydrogens (tertiary/aromatic N) is 7. The molecule has 5 aliphatic heterocycles. The van der Waals surface area contributed by atoms with Gasteiger partial charge in [0.1, 0.15) is 6.10 Å². The van der Waals surface area contributed by atoms with Crippen molar-refractivity contribution in [2.24, 2.45) is 0 Å². The third-order valence-corrected chi connectivity index (χ3v) is 12.9. The fourth-order valence-corrected chi connectivity index (χ4v) is 12.0. The van der Waals surface area contributed by atoms with Crippen LogP contribution in [0.15, 0.2) is 0 Å². The van der Waals surface area contributed by atoms with Gasteiger partial charge in [-0.2, -0.15) is 15.0 Å². The molecule has 15 nitrogen and oxygen atoms in total. The third kappa shape index (κ3) is 11.1. The zero-order chi connectivity index (χ0) is 44.5. The van der Waals surface area contributed by atoms with Crippen molar-refractivity contribution in [2.75, 3.05) is 68.8 Å². The van der Waals surface area contributed by atoms with Crippen molar-refractivity contribution in [1.29, 1.82) is 0 Å². The number of piperidine rings is 2. The Balaban J connectivity index is 1.47. The van der Waals surface area contributed by atoms with Crippen molar-refractivity contribution in [2.45, 2.75) is 199 Å². The van der Waals surface area contributed by atoms with Gasteiger partial charge in [-0.15, -0.1) is 0 Å². The number of hydrogen-bond acceptors (Lipinski definition) is 13. The van der Waals surface area contributed by atoms with Crippen LogP contribution in [0, 0.1) is 0 Å². The Labute approximate surface area is 362 Å². The molecule has 5 saturated heterocycles. The molecule has 1 aromatic rings. The SMILES string of the molecule is CC1(C)CC(N(CCN2CC(C)(C)NC(C)(C)C2=O)c2nc(C3CNCCO3)nc(N(CCN3CC(C)(C)NC(C)(C)C3=O)C3CC(C)(C)NC(C)(C)C3)n2)CC(C)(C)N1. The number of anilines is 2. The minimum atomic E-state index is -0.683. The molecule has 6 rings (SSSR count). The fraction of sp³-hybridized carbons (Fsp3) is 0.889. The van der Waals surface area contributed by atoms with Crippen LogP contribution in [0.5, 0.6) is 0 Å². The first-order valence-corrected chi connectivity index (χ1v) is 22.7. The second kappa shape index (κ2) is 16.1. The molecule has 0 radical (unpaired) electrons. The Morgan fingerprint density at radius 3 is 1.30 bits per heavy atom. The van der Waals surface area contributed by atoms with Gasteiger partial charge in [0, 0.05) is 97.7 Å². The first-order valence-electron chi connectivity index (χ1n) is 22.7. The van der Waals surface area contributed by atoms with Gasteiger partial charge in [-0.05, 0) is 136 Å². The first-order chi connectivity index (χ1) is 27.4. The Kier molecular flexibility index (Phi) is 12.6. The maximum atomic E-state index is 14.0. The molecule has 1 unspecified atom stereocenters. The Morgan fingerprint density at radius 2 is 0.950 bits per heavy atom. The number of ether oxygens (including phenoxy) is 1. The highest BCUT2D eigenvalue weighted by Crippen LogP contribution is 2.37. The van der Waals surface area contributed by atoms with Crippen LogP contribution < -0.4 is 36.4 Å². The summed E-state index contributed by atoms with van der Waals surface area (Å²) >= 11 is 0. The molecule has 5 aliphatic rings. The lowest BCUT2D eigenvalue weighted by Gasteiger charge is -2.51. The van der Waals surface area contributed by atoms with E-state index in [9.17, 15) is 9.59 Å². The molecular formula is C45H82N12O3. The van der Waals surface area contributed by atoms with Gasteiger partial charge < -0.3 is 40.3 Å². The molecule has 5 fully saturated rings. The lowest BCUT2D eigenvalue weighted by molar-refractivity contribution is -0.143. The molecule has 1 atom stereocenters. The molecule has 6 heterocycles. The predicted molar refractivity (Wildman–Crippen MR) is 240 cm³/mol. The normalized spacial score (nSPS) is 28.4. The summed E-state index contributed by atoms with van der Waals surface area (Å²) in [4.78, 5) is 53.0. The van der Waals surface area contributed by atoms with E-state index in [2.05, 4.69) is 119 Å². The van der Waals surface area contributed by atoms with E-state index in [1.165, 1.54) is 0 Å². The van der Waals surface area contributed by atoms with Gasteiger partial charge in [-0.3, -0.25) is 20.2 Å². The van der Waals surface area contributed by atoms with Crippen LogP contribution in [-0.2, 0) is 14.3 Å². The average Bonchev–Trinajstić information content (AvgIpc) is 3.05. The van der Waals surface area contributed by atoms with Gasteiger partial charge in [0.05, 0.1) is 17.7 Å². The highest BCUT2D eigenvalue weighted by atomic mass is 16.5. The minimum absolute atomic E-state index is 0.0805. The Morgan fingerprint density at radius 1 is 0.567 bits per heavy atom. The quantitative estimate of drug-likeness (QED) is 0.220. The molecule has 0 spiro atoms. The Hall–Kier alpha value is -2.69. The van der Waals surface area contributed by atoms with Crippen molar-refractivity contribution in [1.82, 2.24) is 51.3 Å². The lowest BCUT2D eigenvalue weighted by atomic mass is 9.79. The van der Waals surface area contributed by atoms with Crippen LogP contribution in [0.4, 0.5) is 11.9 Å². The van der Waals surface area contributed by atoms with Gasteiger partial charge in [-0.25, -0.2) is 0 Å². The van der Waals surface area contributed by atoms with Crippen LogP contribution in [0.1, 0.15) is 148 Å². The summed E-state index contributed by atoms with van der Waals surface area (Å²) in [5, 5.41) is 18.4. The van der Waals surface area contributed by atoms with Gasteiger partial charge in [0.15, 0.2) is 5.82 Å². The lowest BCUT2D eigenvalue weighted by Crippen LogP contribution is -2.70. The molecule has 0 aromatic carbocycles. The molecule has 1 aromatic heterocycles. The standard InChI is InChI=1S/C45H82N12O3/c1-38(2)23-30(24-39(3,4)50-38)56(20-18-54-28-42(9,10)52-44(13,14)34(54)58)36-47-33(32-27-46-17-22-60-32)48-37(49-36)57(31-25-40(5,6)51-41(7,8)26-31)21-19-55-29-43(11,12)53-45(15,16)35(55)59/h30-32,46,50-53H,17-29H2,1-16H3. The van der Waals surface area contributed by atoms with Crippen molar-refractivity contribution < 1.29 is 14.3 Å². The first kappa shape index (κ1) is 46.8. The fourth-order valence-electron chi connectivity index (χ4n) is 12.0. The second-order valence-electron chi connectivity index (χ2n) is 23.9. The van der Waals surface area contributed by atoms with Gasteiger partial charge in [-0.1, -0.05) is 0 Å². The molecule has 0 aliphatic carbocycles. The summed E-state index contributed by atoms with van der Waals surface area (Å²) in [7, 11) is 0. The third-order valence-electron chi connectivity index (χ3n) is 12.9. The largest absolute Gasteiger partial charge is 0.368 e. The van der Waals surface area contributed by atoms with Crippen molar-refractivity contribution in [3.05, 3.63) is 5.82 Å². The van der Waals surface area contributed by atoms with Crippen LogP contribution in [-0.4, -0.2) is 152 Å². The summed E-state index contributed by atoms with van der Waals surface area (Å²) in [6.45, 7) is 40.1. The number of carbonyl (C=O) groups excluding carboxylic acids is 2. The molecule has 60 heavy (non-hydrogen) atoms. The number of hydrogen-bond donors (Lipinski definition) is 5. The molecular weight excluding hydrogens is 757 g/mol. The minimum Gasteiger partial charge on any atom is -0.368 e. The summed E-state index contributed by atoms with van der Waals surface area (Å²) in [5.74, 6) is 2.03. The molecule has 15 heteroatoms. The van der Waals surface area contributed by atoms with Crippen molar-refractivity contribution in [3.63, 3.8) is 0 Å². The number of piperazine rings is 2. The van der Waals surface area contributed by atoms with E-state index in [1.54, 1.807) is 0 Å². The number of amides is 2. The number of nitrogens with one attached hydrogen (secondary N) is 5. The molecule has 5 N–H and O–H groups in total. The highest BCUT2D eigenvalue weighted by Gasteiger charge is 2.47. The summed E-state index contributed by atoms with van der Waals surface area (Å²) in [6.07, 6.45) is 3.14. The highest BCUT2D eigenvalue weighted by molar-refractivity contribution is 5.87. The van der Waals surface area contributed by atoms with Gasteiger partial charge in [0.25, 0.3) is 0 Å². The molecule has 0 bridgehead atoms. The number of carbonyl (C=O) groups is 2. The van der Waals surface area contributed by atoms with Gasteiger partial charge >= 0.3 is 0 Å². The molecule has 2 amide bonds. The van der Waals surface area contributed by atoms with Crippen LogP contribution >= 0.6 is 0 Å². The number of aromatic nitrogens is 3. The van der Waals surface area contributed by atoms with E-state index in [1.807, 2.05) is 37.5 Å². The van der Waals surface area contributed by atoms with E-state index < -0.39 is 11.1 Å². The summed E-state index contributed by atoms with van der Waals surface area (Å²) in [6, 6.07) is 0.161. The van der Waals surface area contributed by atoms with E-state index in [-0.39, 0.29) is 63.2 Å². The zero-order valence-electron chi connectivity index (χ0n) is 40.3. The number of rotatable bonds is 11. The maximum Gasteiger partial charge on any atom is 0.242 e. The Bertz CT molecular complexity index is 1590. The van der Waals surface area contributed by atoms with E-state index in [0.29, 0.717) is 70.1 Å². The zero-order valence-corrected chi connectivity index (χ0v) is 40.3. The molecule has 0 saturated carbocycles. The smallest absolute Gasteiger partial charge is 0.242 e. The predicted octanol–water partition coefficient (Wildman–Crippen LogP) is 3.74. The summed E-state index contributed by atoms with van der Waals surface area (Å²) < 4.78 is 6.39. The van der Waals surface area contributed by atoms with Crippen LogP contribution in [0.3, 0.4) is 0 Å². The van der Waals surface area contributed by atoms with E-state index in [0.717, 1.165) is 32.2 Å². The summed E-state index contributed by atoms with van der Waals surface area (Å²) in [5.41, 5.74) is -2.45. The van der Waals surface area contributed by atoms with Crippen LogP contribution in [0.2, 0.25) is 0 Å². The van der Waals surface area contributed by atoms with Crippen LogP contribution in [0.25, 0.3) is 0 Å². The molecule has 340 valence electrons. The maximum absolute atomic E-state index is 14.0.